The third kappa shape index (κ3) is 1200. The normalized spacial score (nSPS) is 2.29. The minimum absolute atomic E-state index is 0. The summed E-state index contributed by atoms with van der Waals surface area (Å²) >= 11 is 14.8. The van der Waals surface area contributed by atoms with Gasteiger partial charge in [-0.1, -0.05) is 48.9 Å². The molecule has 0 bridgehead atoms. The van der Waals surface area contributed by atoms with E-state index in [-0.39, 0.29) is 65.9 Å². The van der Waals surface area contributed by atoms with Crippen molar-refractivity contribution in [1.82, 2.24) is 0 Å². The number of hydrogen-bond donors (Lipinski definition) is 0. The molecule has 69 valence electrons. The number of hydrogen-bond acceptors (Lipinski definition) is 4. The van der Waals surface area contributed by atoms with Gasteiger partial charge < -0.3 is 21.6 Å². The average Bonchev–Trinajstić information content (AvgIpc) is 1.92. The molecular formula is C4BaMnN4S4. The van der Waals surface area contributed by atoms with Gasteiger partial charge in [0.25, 0.3) is 0 Å². The van der Waals surface area contributed by atoms with Crippen LogP contribution in [0, 0.1) is 0 Å². The fourth-order valence-corrected chi connectivity index (χ4v) is 0. The second kappa shape index (κ2) is 90.2. The Bertz CT molecular complexity index is 161. The van der Waals surface area contributed by atoms with E-state index in [1.807, 2.05) is 0 Å². The summed E-state index contributed by atoms with van der Waals surface area (Å²) < 4.78 is 0. The molecule has 0 saturated heterocycles. The Hall–Kier alpha value is 1.29. The topological polar surface area (TPSA) is 89.2 Å². The van der Waals surface area contributed by atoms with E-state index in [0.29, 0.717) is 0 Å². The maximum Gasteiger partial charge on any atom is 2.00 e. The molecule has 4 nitrogen and oxygen atoms in total. The van der Waals surface area contributed by atoms with Gasteiger partial charge in [-0.2, -0.15) is 20.6 Å². The fourth-order valence-electron chi connectivity index (χ4n) is 0. The van der Waals surface area contributed by atoms with Gasteiger partial charge in [0.05, 0.1) is 0 Å². The van der Waals surface area contributed by atoms with Crippen LogP contribution < -0.4 is 0 Å². The molecule has 1 radical (unpaired) electrons. The summed E-state index contributed by atoms with van der Waals surface area (Å²) in [5.74, 6) is 0. The molecule has 0 heterocycles. The zero-order valence-electron chi connectivity index (χ0n) is 6.51. The quantitative estimate of drug-likeness (QED) is 0.339. The van der Waals surface area contributed by atoms with Crippen LogP contribution in [0.25, 0.3) is 21.6 Å². The van der Waals surface area contributed by atoms with E-state index in [1.54, 1.807) is 0 Å². The molecule has 0 N–H and O–H groups in total. The van der Waals surface area contributed by atoms with Crippen LogP contribution in [-0.4, -0.2) is 69.5 Å². The largest absolute Gasteiger partial charge is 2.00 e. The summed E-state index contributed by atoms with van der Waals surface area (Å²) in [5, 5.41) is 33.9. The molecule has 0 aromatic rings. The third-order valence-electron chi connectivity index (χ3n) is 0. The minimum Gasteiger partial charge on any atom is -0.753 e. The van der Waals surface area contributed by atoms with Crippen molar-refractivity contribution in [2.24, 2.45) is 0 Å². The van der Waals surface area contributed by atoms with Crippen molar-refractivity contribution in [3.05, 3.63) is 21.6 Å². The Balaban J connectivity index is -0.0000000145. The molecule has 0 unspecified atom stereocenters. The van der Waals surface area contributed by atoms with Gasteiger partial charge in [0, 0.05) is 0 Å². The molecule has 0 fully saturated rings. The first kappa shape index (κ1) is 36.2. The average molecular weight is 425 g/mol. The van der Waals surface area contributed by atoms with Crippen molar-refractivity contribution in [2.75, 3.05) is 0 Å². The van der Waals surface area contributed by atoms with Crippen LogP contribution >= 0.6 is 48.9 Å². The summed E-state index contributed by atoms with van der Waals surface area (Å²) in [4.78, 5) is 0. The molecule has 0 aromatic carbocycles. The zero-order valence-corrected chi connectivity index (χ0v) is 15.4. The SMILES string of the molecule is [Ba+2].[Mn+2].[N-]=C=S.[N-]=C=S.[N-]=C=S.[N-]=C=S. The molecule has 10 heteroatoms. The van der Waals surface area contributed by atoms with Crippen LogP contribution in [0.2, 0.25) is 0 Å². The van der Waals surface area contributed by atoms with Gasteiger partial charge >= 0.3 is 65.9 Å². The Morgan fingerprint density at radius 2 is 0.571 bits per heavy atom. The molecule has 0 aliphatic heterocycles. The molecule has 0 atom stereocenters. The van der Waals surface area contributed by atoms with Gasteiger partial charge in [-0.05, 0) is 0 Å². The van der Waals surface area contributed by atoms with Crippen molar-refractivity contribution in [1.29, 1.82) is 0 Å². The smallest absolute Gasteiger partial charge is 0.753 e. The van der Waals surface area contributed by atoms with E-state index >= 15 is 0 Å². The Labute approximate surface area is 154 Å². The molecular weight excluding hydrogens is 425 g/mol. The van der Waals surface area contributed by atoms with E-state index in [0.717, 1.165) is 0 Å². The first-order chi connectivity index (χ1) is 5.66. The summed E-state index contributed by atoms with van der Waals surface area (Å²) in [7, 11) is 0. The number of thiocarbonyl (C=S) groups is 4. The van der Waals surface area contributed by atoms with Gasteiger partial charge in [-0.15, -0.1) is 0 Å². The maximum atomic E-state index is 7.13. The number of rotatable bonds is 0. The fraction of sp³-hybridized carbons (Fsp3) is 0. The molecule has 0 aliphatic rings. The molecule has 0 aliphatic carbocycles. The van der Waals surface area contributed by atoms with Crippen LogP contribution in [0.1, 0.15) is 0 Å². The number of isothiocyanates is 4. The van der Waals surface area contributed by atoms with Crippen LogP contribution in [0.4, 0.5) is 0 Å². The first-order valence-electron chi connectivity index (χ1n) is 1.71. The van der Waals surface area contributed by atoms with Crippen molar-refractivity contribution < 1.29 is 17.1 Å². The molecule has 0 spiro atoms. The van der Waals surface area contributed by atoms with Crippen molar-refractivity contribution in [2.45, 2.75) is 0 Å². The molecule has 0 aromatic heterocycles. The van der Waals surface area contributed by atoms with Crippen molar-refractivity contribution in [3.8, 4) is 0 Å². The Kier molecular flexibility index (Phi) is 233. The maximum absolute atomic E-state index is 7.13. The van der Waals surface area contributed by atoms with E-state index in [2.05, 4.69) is 48.9 Å². The third-order valence-corrected chi connectivity index (χ3v) is 0. The predicted molar refractivity (Wildman–Crippen MR) is 69.6 cm³/mol. The van der Waals surface area contributed by atoms with Gasteiger partial charge in [0.2, 0.25) is 0 Å². The van der Waals surface area contributed by atoms with Crippen molar-refractivity contribution in [3.63, 3.8) is 0 Å². The van der Waals surface area contributed by atoms with E-state index in [9.17, 15) is 0 Å². The molecule has 0 amide bonds. The summed E-state index contributed by atoms with van der Waals surface area (Å²) in [6.07, 6.45) is 0. The van der Waals surface area contributed by atoms with Crippen LogP contribution in [0.5, 0.6) is 0 Å². The van der Waals surface area contributed by atoms with Gasteiger partial charge in [0.15, 0.2) is 0 Å². The van der Waals surface area contributed by atoms with Crippen molar-refractivity contribution >= 4 is 118 Å². The van der Waals surface area contributed by atoms with E-state index in [1.165, 1.54) is 20.6 Å². The second-order valence-electron chi connectivity index (χ2n) is 0.365. The monoisotopic (exact) mass is 425 g/mol. The predicted octanol–water partition coefficient (Wildman–Crippen LogP) is 2.25. The minimum atomic E-state index is 0. The molecule has 0 saturated carbocycles. The van der Waals surface area contributed by atoms with E-state index < -0.39 is 0 Å². The number of nitrogens with zero attached hydrogens (tertiary/aromatic N) is 4. The Morgan fingerprint density at radius 3 is 0.571 bits per heavy atom. The molecule has 0 rings (SSSR count). The second-order valence-corrected chi connectivity index (χ2v) is 1.10. The van der Waals surface area contributed by atoms with Gasteiger partial charge in [-0.3, -0.25) is 0 Å². The molecule has 14 heavy (non-hydrogen) atoms. The standard InChI is InChI=1S/4CNS.Ba.Mn/c4*2-1-3;;/q4*-1;2*+2. The van der Waals surface area contributed by atoms with E-state index in [4.69, 9.17) is 21.6 Å². The zero-order chi connectivity index (χ0) is 10.8. The Morgan fingerprint density at radius 1 is 0.571 bits per heavy atom. The summed E-state index contributed by atoms with van der Waals surface area (Å²) in [6.45, 7) is 0. The van der Waals surface area contributed by atoms with Gasteiger partial charge in [-0.25, -0.2) is 0 Å². The van der Waals surface area contributed by atoms with Gasteiger partial charge in [0.1, 0.15) is 0 Å². The first-order valence-corrected chi connectivity index (χ1v) is 3.34. The van der Waals surface area contributed by atoms with Crippen LogP contribution in [0.3, 0.4) is 0 Å². The van der Waals surface area contributed by atoms with Crippen LogP contribution in [0.15, 0.2) is 0 Å². The van der Waals surface area contributed by atoms with Crippen LogP contribution in [-0.2, 0) is 17.1 Å². The summed E-state index contributed by atoms with van der Waals surface area (Å²) in [5.41, 5.74) is 0. The summed E-state index contributed by atoms with van der Waals surface area (Å²) in [6, 6.07) is 0.